The lowest BCUT2D eigenvalue weighted by Gasteiger charge is -2.14. The van der Waals surface area contributed by atoms with E-state index in [1.165, 1.54) is 6.92 Å². The summed E-state index contributed by atoms with van der Waals surface area (Å²) in [5.41, 5.74) is -0.992. The van der Waals surface area contributed by atoms with E-state index in [-0.39, 0.29) is 12.5 Å². The molecule has 0 saturated carbocycles. The van der Waals surface area contributed by atoms with Gasteiger partial charge >= 0.3 is 6.18 Å². The van der Waals surface area contributed by atoms with Crippen LogP contribution in [0.1, 0.15) is 20.8 Å². The first kappa shape index (κ1) is 12.0. The van der Waals surface area contributed by atoms with Crippen molar-refractivity contribution in [2.45, 2.75) is 26.9 Å². The molecular formula is C9H13F3N2O. The van der Waals surface area contributed by atoms with Crippen LogP contribution in [0.2, 0.25) is 0 Å². The summed E-state index contributed by atoms with van der Waals surface area (Å²) in [7, 11) is 0. The highest BCUT2D eigenvalue weighted by Crippen LogP contribution is 2.28. The molecule has 86 valence electrons. The number of halogens is 3. The van der Waals surface area contributed by atoms with Gasteiger partial charge < -0.3 is 0 Å². The first-order valence-corrected chi connectivity index (χ1v) is 4.70. The van der Waals surface area contributed by atoms with Crippen molar-refractivity contribution in [3.8, 4) is 0 Å². The van der Waals surface area contributed by atoms with Crippen molar-refractivity contribution in [3.05, 3.63) is 0 Å². The van der Waals surface area contributed by atoms with E-state index < -0.39 is 23.7 Å². The minimum atomic E-state index is -4.51. The Kier molecular flexibility index (Phi) is 3.06. The average molecular weight is 222 g/mol. The second kappa shape index (κ2) is 3.83. The Morgan fingerprint density at radius 2 is 2.00 bits per heavy atom. The highest BCUT2D eigenvalue weighted by Gasteiger charge is 2.47. The Morgan fingerprint density at radius 3 is 2.33 bits per heavy atom. The Labute approximate surface area is 85.9 Å². The standard InChI is InChI=1S/C9H13F3N2O/c1-5(2)4-14-8(15)6(3)7(13-14)9(10,11)12/h5-6H,4H2,1-3H3. The van der Waals surface area contributed by atoms with E-state index in [0.29, 0.717) is 0 Å². The summed E-state index contributed by atoms with van der Waals surface area (Å²) in [6, 6.07) is 0. The van der Waals surface area contributed by atoms with Crippen molar-refractivity contribution in [3.63, 3.8) is 0 Å². The first-order chi connectivity index (χ1) is 6.73. The van der Waals surface area contributed by atoms with Crippen molar-refractivity contribution in [2.75, 3.05) is 6.54 Å². The van der Waals surface area contributed by atoms with E-state index in [2.05, 4.69) is 5.10 Å². The Bertz CT molecular complexity index is 296. The topological polar surface area (TPSA) is 32.7 Å². The Morgan fingerprint density at radius 1 is 1.47 bits per heavy atom. The molecule has 0 aromatic heterocycles. The summed E-state index contributed by atoms with van der Waals surface area (Å²) in [6.45, 7) is 5.09. The molecule has 0 aliphatic carbocycles. The van der Waals surface area contributed by atoms with Gasteiger partial charge in [0.25, 0.3) is 5.91 Å². The van der Waals surface area contributed by atoms with Crippen molar-refractivity contribution in [2.24, 2.45) is 16.9 Å². The van der Waals surface area contributed by atoms with Gasteiger partial charge in [0.1, 0.15) is 0 Å². The average Bonchev–Trinajstić information content (AvgIpc) is 2.30. The molecule has 0 aromatic carbocycles. The summed E-state index contributed by atoms with van der Waals surface area (Å²) in [5.74, 6) is -1.66. The number of carbonyl (C=O) groups is 1. The lowest BCUT2D eigenvalue weighted by Crippen LogP contribution is -2.32. The molecule has 0 spiro atoms. The van der Waals surface area contributed by atoms with Crippen LogP contribution in [0.15, 0.2) is 5.10 Å². The summed E-state index contributed by atoms with van der Waals surface area (Å²) in [6.07, 6.45) is -4.51. The molecule has 1 aliphatic rings. The van der Waals surface area contributed by atoms with Crippen LogP contribution in [0.4, 0.5) is 13.2 Å². The zero-order valence-corrected chi connectivity index (χ0v) is 8.80. The van der Waals surface area contributed by atoms with E-state index in [4.69, 9.17) is 0 Å². The molecule has 1 heterocycles. The maximum absolute atomic E-state index is 12.4. The molecule has 15 heavy (non-hydrogen) atoms. The predicted molar refractivity (Wildman–Crippen MR) is 49.2 cm³/mol. The molecule has 0 fully saturated rings. The van der Waals surface area contributed by atoms with Gasteiger partial charge in [-0.25, -0.2) is 5.01 Å². The second-order valence-electron chi connectivity index (χ2n) is 4.02. The zero-order valence-electron chi connectivity index (χ0n) is 8.80. The Hall–Kier alpha value is -1.07. The fourth-order valence-electron chi connectivity index (χ4n) is 1.39. The fourth-order valence-corrected chi connectivity index (χ4v) is 1.39. The van der Waals surface area contributed by atoms with E-state index in [0.717, 1.165) is 5.01 Å². The van der Waals surface area contributed by atoms with Gasteiger partial charge in [-0.05, 0) is 12.8 Å². The molecule has 0 aromatic rings. The third kappa shape index (κ3) is 2.49. The predicted octanol–water partition coefficient (Wildman–Crippen LogP) is 2.04. The van der Waals surface area contributed by atoms with Gasteiger partial charge in [-0.3, -0.25) is 4.79 Å². The molecule has 6 heteroatoms. The van der Waals surface area contributed by atoms with Crippen LogP contribution < -0.4 is 0 Å². The molecule has 0 saturated heterocycles. The van der Waals surface area contributed by atoms with Gasteiger partial charge in [0.2, 0.25) is 0 Å². The Balaban J connectivity index is 2.87. The number of rotatable bonds is 2. The molecule has 0 bridgehead atoms. The molecule has 0 N–H and O–H groups in total. The SMILES string of the molecule is CC(C)CN1N=C(C(F)(F)F)C(C)C1=O. The molecule has 3 nitrogen and oxygen atoms in total. The van der Waals surface area contributed by atoms with Gasteiger partial charge in [-0.2, -0.15) is 18.3 Å². The van der Waals surface area contributed by atoms with Crippen molar-refractivity contribution >= 4 is 11.6 Å². The number of amides is 1. The smallest absolute Gasteiger partial charge is 0.272 e. The molecular weight excluding hydrogens is 209 g/mol. The third-order valence-electron chi connectivity index (χ3n) is 2.09. The minimum absolute atomic E-state index is 0.0949. The van der Waals surface area contributed by atoms with Gasteiger partial charge in [-0.15, -0.1) is 0 Å². The largest absolute Gasteiger partial charge is 0.431 e. The number of alkyl halides is 3. The van der Waals surface area contributed by atoms with Crippen LogP contribution in [-0.4, -0.2) is 29.3 Å². The van der Waals surface area contributed by atoms with Gasteiger partial charge in [0.05, 0.1) is 5.92 Å². The van der Waals surface area contributed by atoms with Crippen LogP contribution in [0.3, 0.4) is 0 Å². The van der Waals surface area contributed by atoms with E-state index in [1.54, 1.807) is 0 Å². The summed E-state index contributed by atoms with van der Waals surface area (Å²) >= 11 is 0. The fraction of sp³-hybridized carbons (Fsp3) is 0.778. The number of hydrogen-bond acceptors (Lipinski definition) is 2. The number of hydrogen-bond donors (Lipinski definition) is 0. The molecule has 1 rings (SSSR count). The normalized spacial score (nSPS) is 22.6. The molecule has 1 unspecified atom stereocenters. The molecule has 1 atom stereocenters. The number of carbonyl (C=O) groups excluding carboxylic acids is 1. The lowest BCUT2D eigenvalue weighted by atomic mass is 10.1. The van der Waals surface area contributed by atoms with E-state index >= 15 is 0 Å². The zero-order chi connectivity index (χ0) is 11.8. The third-order valence-corrected chi connectivity index (χ3v) is 2.09. The molecule has 1 amide bonds. The first-order valence-electron chi connectivity index (χ1n) is 4.70. The van der Waals surface area contributed by atoms with Gasteiger partial charge in [-0.1, -0.05) is 13.8 Å². The molecule has 0 radical (unpaired) electrons. The van der Waals surface area contributed by atoms with Crippen LogP contribution in [0, 0.1) is 11.8 Å². The van der Waals surface area contributed by atoms with Crippen LogP contribution in [0.5, 0.6) is 0 Å². The van der Waals surface area contributed by atoms with Crippen LogP contribution >= 0.6 is 0 Å². The maximum atomic E-state index is 12.4. The van der Waals surface area contributed by atoms with Crippen molar-refractivity contribution < 1.29 is 18.0 Å². The van der Waals surface area contributed by atoms with E-state index in [9.17, 15) is 18.0 Å². The highest BCUT2D eigenvalue weighted by molar-refractivity contribution is 6.10. The quantitative estimate of drug-likeness (QED) is 0.703. The summed E-state index contributed by atoms with van der Waals surface area (Å²) < 4.78 is 37.2. The van der Waals surface area contributed by atoms with Gasteiger partial charge in [0.15, 0.2) is 5.71 Å². The maximum Gasteiger partial charge on any atom is 0.431 e. The van der Waals surface area contributed by atoms with Crippen LogP contribution in [-0.2, 0) is 4.79 Å². The summed E-state index contributed by atoms with van der Waals surface area (Å²) in [5, 5.41) is 4.25. The monoisotopic (exact) mass is 222 g/mol. The van der Waals surface area contributed by atoms with Crippen molar-refractivity contribution in [1.29, 1.82) is 0 Å². The highest BCUT2D eigenvalue weighted by atomic mass is 19.4. The summed E-state index contributed by atoms with van der Waals surface area (Å²) in [4.78, 5) is 11.4. The van der Waals surface area contributed by atoms with E-state index in [1.807, 2.05) is 13.8 Å². The minimum Gasteiger partial charge on any atom is -0.272 e. The second-order valence-corrected chi connectivity index (χ2v) is 4.02. The van der Waals surface area contributed by atoms with Crippen molar-refractivity contribution in [1.82, 2.24) is 5.01 Å². The van der Waals surface area contributed by atoms with Gasteiger partial charge in [0, 0.05) is 6.54 Å². The molecule has 1 aliphatic heterocycles. The van der Waals surface area contributed by atoms with Crippen LogP contribution in [0.25, 0.3) is 0 Å². The number of hydrazone groups is 1. The lowest BCUT2D eigenvalue weighted by molar-refractivity contribution is -0.132. The number of nitrogens with zero attached hydrogens (tertiary/aromatic N) is 2.